The van der Waals surface area contributed by atoms with E-state index in [4.69, 9.17) is 10.5 Å². The van der Waals surface area contributed by atoms with E-state index in [1.165, 1.54) is 12.7 Å². The summed E-state index contributed by atoms with van der Waals surface area (Å²) < 4.78 is 4.73. The fourth-order valence-corrected chi connectivity index (χ4v) is 2.02. The molecule has 0 aliphatic rings. The molecule has 4 heteroatoms. The van der Waals surface area contributed by atoms with Crippen LogP contribution in [-0.4, -0.2) is 20.1 Å². The molecule has 0 saturated carbocycles. The van der Waals surface area contributed by atoms with Crippen LogP contribution in [0.5, 0.6) is 0 Å². The normalized spacial score (nSPS) is 10.1. The summed E-state index contributed by atoms with van der Waals surface area (Å²) in [5.74, 6) is -0.419. The van der Waals surface area contributed by atoms with Gasteiger partial charge in [0.1, 0.15) is 0 Å². The number of benzene rings is 2. The average molecular weight is 270 g/mol. The first-order valence-corrected chi connectivity index (χ1v) is 6.34. The zero-order chi connectivity index (χ0) is 14.5. The van der Waals surface area contributed by atoms with E-state index in [1.807, 2.05) is 31.3 Å². The summed E-state index contributed by atoms with van der Waals surface area (Å²) in [6.07, 6.45) is 0. The quantitative estimate of drug-likeness (QED) is 0.685. The van der Waals surface area contributed by atoms with Gasteiger partial charge in [-0.3, -0.25) is 0 Å². The number of rotatable bonds is 4. The van der Waals surface area contributed by atoms with Crippen LogP contribution >= 0.6 is 0 Å². The van der Waals surface area contributed by atoms with Crippen molar-refractivity contribution < 1.29 is 9.53 Å². The van der Waals surface area contributed by atoms with Crippen molar-refractivity contribution in [2.24, 2.45) is 0 Å². The van der Waals surface area contributed by atoms with Gasteiger partial charge in [-0.2, -0.15) is 0 Å². The highest BCUT2D eigenvalue weighted by Gasteiger charge is 2.12. The standard InChI is InChI=1S/C16H18N2O2/c1-18(11-12-6-4-3-5-7-12)13-8-9-15(17)14(10-13)16(19)20-2/h3-10H,11,17H2,1-2H3. The number of ether oxygens (including phenoxy) is 1. The van der Waals surface area contributed by atoms with Gasteiger partial charge in [0.2, 0.25) is 0 Å². The zero-order valence-corrected chi connectivity index (χ0v) is 11.7. The predicted molar refractivity (Wildman–Crippen MR) is 80.7 cm³/mol. The van der Waals surface area contributed by atoms with E-state index in [0.29, 0.717) is 11.3 Å². The molecule has 2 rings (SSSR count). The number of carbonyl (C=O) groups excluding carboxylic acids is 1. The largest absolute Gasteiger partial charge is 0.465 e. The third kappa shape index (κ3) is 3.09. The van der Waals surface area contributed by atoms with Crippen LogP contribution in [0.2, 0.25) is 0 Å². The summed E-state index contributed by atoms with van der Waals surface area (Å²) in [6.45, 7) is 0.755. The molecular weight excluding hydrogens is 252 g/mol. The van der Waals surface area contributed by atoms with Gasteiger partial charge in [0.25, 0.3) is 0 Å². The number of nitrogens with zero attached hydrogens (tertiary/aromatic N) is 1. The number of nitrogens with two attached hydrogens (primary N) is 1. The second-order valence-corrected chi connectivity index (χ2v) is 4.60. The molecule has 0 aliphatic heterocycles. The molecule has 0 radical (unpaired) electrons. The highest BCUT2D eigenvalue weighted by molar-refractivity contribution is 5.96. The molecule has 0 unspecified atom stereocenters. The molecule has 0 saturated heterocycles. The highest BCUT2D eigenvalue weighted by Crippen LogP contribution is 2.22. The number of anilines is 2. The van der Waals surface area contributed by atoms with E-state index >= 15 is 0 Å². The van der Waals surface area contributed by atoms with Gasteiger partial charge >= 0.3 is 5.97 Å². The van der Waals surface area contributed by atoms with E-state index in [0.717, 1.165) is 12.2 Å². The summed E-state index contributed by atoms with van der Waals surface area (Å²) in [4.78, 5) is 13.7. The van der Waals surface area contributed by atoms with E-state index in [9.17, 15) is 4.79 Å². The maximum atomic E-state index is 11.6. The third-order valence-corrected chi connectivity index (χ3v) is 3.15. The SMILES string of the molecule is COC(=O)c1cc(N(C)Cc2ccccc2)ccc1N. The Hall–Kier alpha value is -2.49. The first-order valence-electron chi connectivity index (χ1n) is 6.34. The Morgan fingerprint density at radius 3 is 2.55 bits per heavy atom. The van der Waals surface area contributed by atoms with Crippen LogP contribution in [-0.2, 0) is 11.3 Å². The molecule has 0 amide bonds. The van der Waals surface area contributed by atoms with Crippen LogP contribution in [0, 0.1) is 0 Å². The summed E-state index contributed by atoms with van der Waals surface area (Å²) in [7, 11) is 3.32. The number of carbonyl (C=O) groups is 1. The molecule has 20 heavy (non-hydrogen) atoms. The monoisotopic (exact) mass is 270 g/mol. The minimum Gasteiger partial charge on any atom is -0.465 e. The fraction of sp³-hybridized carbons (Fsp3) is 0.188. The van der Waals surface area contributed by atoms with Gasteiger partial charge in [0, 0.05) is 25.0 Å². The molecule has 0 aromatic heterocycles. The number of methoxy groups -OCH3 is 1. The summed E-state index contributed by atoms with van der Waals surface area (Å²) in [5, 5.41) is 0. The van der Waals surface area contributed by atoms with Crippen molar-refractivity contribution in [2.45, 2.75) is 6.54 Å². The molecule has 2 aromatic rings. The Kier molecular flexibility index (Phi) is 4.25. The van der Waals surface area contributed by atoms with Crippen LogP contribution < -0.4 is 10.6 Å². The molecule has 0 spiro atoms. The lowest BCUT2D eigenvalue weighted by Crippen LogP contribution is -2.17. The summed E-state index contributed by atoms with van der Waals surface area (Å²) in [5.41, 5.74) is 8.74. The molecule has 104 valence electrons. The van der Waals surface area contributed by atoms with Crippen LogP contribution in [0.3, 0.4) is 0 Å². The minimum atomic E-state index is -0.419. The van der Waals surface area contributed by atoms with Crippen molar-refractivity contribution >= 4 is 17.3 Å². The van der Waals surface area contributed by atoms with Crippen molar-refractivity contribution in [3.05, 3.63) is 59.7 Å². The Morgan fingerprint density at radius 2 is 1.90 bits per heavy atom. The predicted octanol–water partition coefficient (Wildman–Crippen LogP) is 2.69. The molecule has 0 fully saturated rings. The van der Waals surface area contributed by atoms with Gasteiger partial charge in [-0.1, -0.05) is 30.3 Å². The average Bonchev–Trinajstić information content (AvgIpc) is 2.48. The number of hydrogen-bond donors (Lipinski definition) is 1. The van der Waals surface area contributed by atoms with Crippen molar-refractivity contribution in [2.75, 3.05) is 24.8 Å². The molecule has 0 atom stereocenters. The number of esters is 1. The molecule has 4 nitrogen and oxygen atoms in total. The van der Waals surface area contributed by atoms with E-state index in [1.54, 1.807) is 12.1 Å². The maximum Gasteiger partial charge on any atom is 0.340 e. The van der Waals surface area contributed by atoms with Crippen molar-refractivity contribution in [1.29, 1.82) is 0 Å². The van der Waals surface area contributed by atoms with Crippen LogP contribution in [0.15, 0.2) is 48.5 Å². The summed E-state index contributed by atoms with van der Waals surface area (Å²) in [6, 6.07) is 15.5. The van der Waals surface area contributed by atoms with Crippen molar-refractivity contribution in [3.63, 3.8) is 0 Å². The number of nitrogen functional groups attached to an aromatic ring is 1. The molecule has 0 aliphatic carbocycles. The van der Waals surface area contributed by atoms with E-state index < -0.39 is 5.97 Å². The third-order valence-electron chi connectivity index (χ3n) is 3.15. The van der Waals surface area contributed by atoms with Crippen molar-refractivity contribution in [3.8, 4) is 0 Å². The number of hydrogen-bond acceptors (Lipinski definition) is 4. The van der Waals surface area contributed by atoms with Gasteiger partial charge in [0.15, 0.2) is 0 Å². The second kappa shape index (κ2) is 6.10. The molecule has 0 heterocycles. The molecule has 2 aromatic carbocycles. The van der Waals surface area contributed by atoms with Crippen LogP contribution in [0.1, 0.15) is 15.9 Å². The van der Waals surface area contributed by atoms with E-state index in [2.05, 4.69) is 17.0 Å². The first kappa shape index (κ1) is 13.9. The van der Waals surface area contributed by atoms with Crippen molar-refractivity contribution in [1.82, 2.24) is 0 Å². The Balaban J connectivity index is 2.22. The highest BCUT2D eigenvalue weighted by atomic mass is 16.5. The van der Waals surface area contributed by atoms with Crippen LogP contribution in [0.25, 0.3) is 0 Å². The lowest BCUT2D eigenvalue weighted by molar-refractivity contribution is 0.0602. The van der Waals surface area contributed by atoms with Gasteiger partial charge in [-0.05, 0) is 23.8 Å². The van der Waals surface area contributed by atoms with Gasteiger partial charge in [-0.15, -0.1) is 0 Å². The first-order chi connectivity index (χ1) is 9.61. The zero-order valence-electron chi connectivity index (χ0n) is 11.7. The smallest absolute Gasteiger partial charge is 0.340 e. The lowest BCUT2D eigenvalue weighted by Gasteiger charge is -2.20. The van der Waals surface area contributed by atoms with Gasteiger partial charge < -0.3 is 15.4 Å². The lowest BCUT2D eigenvalue weighted by atomic mass is 10.1. The summed E-state index contributed by atoms with van der Waals surface area (Å²) >= 11 is 0. The topological polar surface area (TPSA) is 55.6 Å². The second-order valence-electron chi connectivity index (χ2n) is 4.60. The molecular formula is C16H18N2O2. The van der Waals surface area contributed by atoms with Crippen LogP contribution in [0.4, 0.5) is 11.4 Å². The van der Waals surface area contributed by atoms with Gasteiger partial charge in [-0.25, -0.2) is 4.79 Å². The Bertz CT molecular complexity index is 597. The van der Waals surface area contributed by atoms with Gasteiger partial charge in [0.05, 0.1) is 12.7 Å². The maximum absolute atomic E-state index is 11.6. The fourth-order valence-electron chi connectivity index (χ4n) is 2.02. The van der Waals surface area contributed by atoms with E-state index in [-0.39, 0.29) is 0 Å². The molecule has 0 bridgehead atoms. The minimum absolute atomic E-state index is 0.393. The Labute approximate surface area is 118 Å². The Morgan fingerprint density at radius 1 is 1.20 bits per heavy atom. The molecule has 2 N–H and O–H groups in total.